The molecule has 0 heterocycles. The van der Waals surface area contributed by atoms with Crippen molar-refractivity contribution in [2.75, 3.05) is 0 Å². The van der Waals surface area contributed by atoms with Crippen LogP contribution >= 0.6 is 0 Å². The highest BCUT2D eigenvalue weighted by Gasteiger charge is 2.38. The maximum atomic E-state index is 9.18. The Morgan fingerprint density at radius 3 is 2.67 bits per heavy atom. The first-order valence-corrected chi connectivity index (χ1v) is 3.49. The zero-order valence-electron chi connectivity index (χ0n) is 5.78. The van der Waals surface area contributed by atoms with Crippen LogP contribution in [0, 0.1) is 11.8 Å². The third-order valence-electron chi connectivity index (χ3n) is 1.42. The van der Waals surface area contributed by atoms with E-state index in [1.54, 1.807) is 0 Å². The van der Waals surface area contributed by atoms with Crippen molar-refractivity contribution in [1.82, 2.24) is 0 Å². The minimum absolute atomic E-state index is 0.560. The van der Waals surface area contributed by atoms with E-state index >= 15 is 0 Å². The van der Waals surface area contributed by atoms with E-state index in [0.717, 1.165) is 25.7 Å². The van der Waals surface area contributed by atoms with E-state index in [1.165, 1.54) is 0 Å². The molecule has 0 radical (unpaired) electrons. The average Bonchev–Trinajstić information content (AvgIpc) is 2.50. The molecule has 1 heteroatoms. The van der Waals surface area contributed by atoms with Crippen molar-refractivity contribution in [2.45, 2.75) is 38.2 Å². The fourth-order valence-electron chi connectivity index (χ4n) is 0.595. The van der Waals surface area contributed by atoms with Gasteiger partial charge in [0, 0.05) is 6.42 Å². The molecule has 1 rings (SSSR count). The Labute approximate surface area is 56.1 Å². The second-order valence-corrected chi connectivity index (χ2v) is 2.58. The Kier molecular flexibility index (Phi) is 1.78. The van der Waals surface area contributed by atoms with Gasteiger partial charge in [0.15, 0.2) is 0 Å². The summed E-state index contributed by atoms with van der Waals surface area (Å²) in [5.41, 5.74) is -0.560. The van der Waals surface area contributed by atoms with Gasteiger partial charge >= 0.3 is 0 Å². The first-order chi connectivity index (χ1) is 4.27. The minimum atomic E-state index is -0.560. The SMILES string of the molecule is CCCC#CC1(O)CC1. The van der Waals surface area contributed by atoms with Crippen molar-refractivity contribution in [1.29, 1.82) is 0 Å². The summed E-state index contributed by atoms with van der Waals surface area (Å²) in [5, 5.41) is 9.18. The summed E-state index contributed by atoms with van der Waals surface area (Å²) < 4.78 is 0. The minimum Gasteiger partial charge on any atom is -0.378 e. The van der Waals surface area contributed by atoms with Crippen molar-refractivity contribution in [2.24, 2.45) is 0 Å². The van der Waals surface area contributed by atoms with Crippen molar-refractivity contribution in [3.8, 4) is 11.8 Å². The van der Waals surface area contributed by atoms with Crippen molar-refractivity contribution >= 4 is 0 Å². The van der Waals surface area contributed by atoms with Gasteiger partial charge in [-0.1, -0.05) is 12.8 Å². The summed E-state index contributed by atoms with van der Waals surface area (Å²) >= 11 is 0. The lowest BCUT2D eigenvalue weighted by atomic mass is 10.3. The maximum absolute atomic E-state index is 9.18. The van der Waals surface area contributed by atoms with Crippen molar-refractivity contribution in [3.05, 3.63) is 0 Å². The summed E-state index contributed by atoms with van der Waals surface area (Å²) in [6.45, 7) is 2.09. The summed E-state index contributed by atoms with van der Waals surface area (Å²) in [6, 6.07) is 0. The molecule has 1 aliphatic carbocycles. The molecule has 0 aromatic rings. The van der Waals surface area contributed by atoms with Gasteiger partial charge in [-0.2, -0.15) is 0 Å². The predicted octanol–water partition coefficient (Wildman–Crippen LogP) is 1.31. The highest BCUT2D eigenvalue weighted by molar-refractivity contribution is 5.21. The molecule has 0 unspecified atom stereocenters. The average molecular weight is 124 g/mol. The van der Waals surface area contributed by atoms with Gasteiger partial charge in [-0.25, -0.2) is 0 Å². The van der Waals surface area contributed by atoms with E-state index in [-0.39, 0.29) is 0 Å². The first kappa shape index (κ1) is 6.64. The fraction of sp³-hybridized carbons (Fsp3) is 0.750. The van der Waals surface area contributed by atoms with Gasteiger partial charge in [-0.3, -0.25) is 0 Å². The molecule has 50 valence electrons. The van der Waals surface area contributed by atoms with Crippen LogP contribution in [-0.2, 0) is 0 Å². The molecule has 0 aromatic carbocycles. The van der Waals surface area contributed by atoms with Crippen LogP contribution in [-0.4, -0.2) is 10.7 Å². The standard InChI is InChI=1S/C8H12O/c1-2-3-4-5-8(9)6-7-8/h9H,2-3,6-7H2,1H3. The van der Waals surface area contributed by atoms with Gasteiger partial charge in [0.05, 0.1) is 0 Å². The smallest absolute Gasteiger partial charge is 0.125 e. The molecule has 1 N–H and O–H groups in total. The molecular formula is C8H12O. The van der Waals surface area contributed by atoms with Crippen LogP contribution in [0.1, 0.15) is 32.6 Å². The van der Waals surface area contributed by atoms with E-state index < -0.39 is 5.60 Å². The lowest BCUT2D eigenvalue weighted by molar-refractivity contribution is 0.212. The van der Waals surface area contributed by atoms with Crippen LogP contribution < -0.4 is 0 Å². The number of aliphatic hydroxyl groups is 1. The molecule has 1 fully saturated rings. The van der Waals surface area contributed by atoms with E-state index in [2.05, 4.69) is 18.8 Å². The molecule has 0 atom stereocenters. The molecule has 1 nitrogen and oxygen atoms in total. The second-order valence-electron chi connectivity index (χ2n) is 2.58. The van der Waals surface area contributed by atoms with Crippen LogP contribution in [0.3, 0.4) is 0 Å². The predicted molar refractivity (Wildman–Crippen MR) is 36.9 cm³/mol. The van der Waals surface area contributed by atoms with Gasteiger partial charge in [0.25, 0.3) is 0 Å². The Morgan fingerprint density at radius 2 is 2.22 bits per heavy atom. The fourth-order valence-corrected chi connectivity index (χ4v) is 0.595. The first-order valence-electron chi connectivity index (χ1n) is 3.49. The Balaban J connectivity index is 2.24. The summed E-state index contributed by atoms with van der Waals surface area (Å²) in [7, 11) is 0. The topological polar surface area (TPSA) is 20.2 Å². The zero-order chi connectivity index (χ0) is 6.74. The van der Waals surface area contributed by atoms with Crippen LogP contribution in [0.15, 0.2) is 0 Å². The Morgan fingerprint density at radius 1 is 1.56 bits per heavy atom. The molecule has 0 amide bonds. The van der Waals surface area contributed by atoms with E-state index in [0.29, 0.717) is 0 Å². The highest BCUT2D eigenvalue weighted by Crippen LogP contribution is 2.33. The van der Waals surface area contributed by atoms with E-state index in [4.69, 9.17) is 0 Å². The Hall–Kier alpha value is -0.480. The normalized spacial score (nSPS) is 20.2. The van der Waals surface area contributed by atoms with E-state index in [1.807, 2.05) is 0 Å². The quantitative estimate of drug-likeness (QED) is 0.522. The number of hydrogen-bond acceptors (Lipinski definition) is 1. The van der Waals surface area contributed by atoms with Crippen LogP contribution in [0.25, 0.3) is 0 Å². The number of rotatable bonds is 1. The van der Waals surface area contributed by atoms with E-state index in [9.17, 15) is 5.11 Å². The molecular weight excluding hydrogens is 112 g/mol. The lowest BCUT2D eigenvalue weighted by Gasteiger charge is -1.90. The van der Waals surface area contributed by atoms with Gasteiger partial charge in [-0.15, -0.1) is 5.92 Å². The lowest BCUT2D eigenvalue weighted by Crippen LogP contribution is -2.00. The van der Waals surface area contributed by atoms with Crippen LogP contribution in [0.2, 0.25) is 0 Å². The molecule has 0 aromatic heterocycles. The maximum Gasteiger partial charge on any atom is 0.125 e. The Bertz CT molecular complexity index is 146. The summed E-state index contributed by atoms with van der Waals surface area (Å²) in [5.74, 6) is 5.78. The van der Waals surface area contributed by atoms with Gasteiger partial charge in [0.1, 0.15) is 5.60 Å². The molecule has 1 saturated carbocycles. The summed E-state index contributed by atoms with van der Waals surface area (Å²) in [4.78, 5) is 0. The molecule has 1 aliphatic rings. The number of hydrogen-bond donors (Lipinski definition) is 1. The van der Waals surface area contributed by atoms with Crippen LogP contribution in [0.5, 0.6) is 0 Å². The van der Waals surface area contributed by atoms with Gasteiger partial charge < -0.3 is 5.11 Å². The molecule has 9 heavy (non-hydrogen) atoms. The molecule has 0 aliphatic heterocycles. The summed E-state index contributed by atoms with van der Waals surface area (Å²) in [6.07, 6.45) is 3.76. The monoisotopic (exact) mass is 124 g/mol. The number of unbranched alkanes of at least 4 members (excludes halogenated alkanes) is 1. The highest BCUT2D eigenvalue weighted by atomic mass is 16.3. The molecule has 0 saturated heterocycles. The van der Waals surface area contributed by atoms with Gasteiger partial charge in [-0.05, 0) is 19.3 Å². The van der Waals surface area contributed by atoms with Gasteiger partial charge in [0.2, 0.25) is 0 Å². The van der Waals surface area contributed by atoms with Crippen molar-refractivity contribution in [3.63, 3.8) is 0 Å². The molecule has 0 spiro atoms. The third-order valence-corrected chi connectivity index (χ3v) is 1.42. The largest absolute Gasteiger partial charge is 0.378 e. The van der Waals surface area contributed by atoms with Crippen molar-refractivity contribution < 1.29 is 5.11 Å². The van der Waals surface area contributed by atoms with Crippen LogP contribution in [0.4, 0.5) is 0 Å². The second kappa shape index (κ2) is 2.41. The third kappa shape index (κ3) is 2.07. The molecule has 0 bridgehead atoms. The zero-order valence-corrected chi connectivity index (χ0v) is 5.78.